The van der Waals surface area contributed by atoms with Crippen LogP contribution in [-0.4, -0.2) is 37.9 Å². The van der Waals surface area contributed by atoms with E-state index in [9.17, 15) is 0 Å². The third kappa shape index (κ3) is 2.96. The topological polar surface area (TPSA) is 77.8 Å². The van der Waals surface area contributed by atoms with E-state index in [2.05, 4.69) is 39.2 Å². The van der Waals surface area contributed by atoms with Crippen molar-refractivity contribution in [1.29, 1.82) is 0 Å². The molecule has 1 aliphatic heterocycles. The van der Waals surface area contributed by atoms with Crippen molar-refractivity contribution in [3.63, 3.8) is 0 Å². The van der Waals surface area contributed by atoms with Crippen LogP contribution in [0.3, 0.4) is 0 Å². The highest BCUT2D eigenvalue weighted by molar-refractivity contribution is 5.29. The Bertz CT molecular complexity index is 624. The minimum atomic E-state index is 0.256. The Morgan fingerprint density at radius 3 is 3.00 bits per heavy atom. The van der Waals surface area contributed by atoms with Crippen molar-refractivity contribution < 1.29 is 4.74 Å². The largest absolute Gasteiger partial charge is 0.481 e. The average Bonchev–Trinajstić information content (AvgIpc) is 2.91. The molecule has 7 heteroatoms. The number of rotatable bonds is 4. The maximum absolute atomic E-state index is 5.11. The van der Waals surface area contributed by atoms with Crippen molar-refractivity contribution in [2.45, 2.75) is 45.2 Å². The molecule has 0 saturated heterocycles. The highest BCUT2D eigenvalue weighted by Crippen LogP contribution is 2.19. The third-order valence-electron chi connectivity index (χ3n) is 3.56. The second-order valence-electron chi connectivity index (χ2n) is 5.53. The zero-order valence-corrected chi connectivity index (χ0v) is 12.6. The maximum atomic E-state index is 5.11. The first-order valence-electron chi connectivity index (χ1n) is 7.23. The summed E-state index contributed by atoms with van der Waals surface area (Å²) in [6, 6.07) is 1.99. The number of hydrogen-bond acceptors (Lipinski definition) is 6. The van der Waals surface area contributed by atoms with Gasteiger partial charge in [-0.3, -0.25) is 0 Å². The number of aryl methyl sites for hydroxylation is 1. The van der Waals surface area contributed by atoms with E-state index in [1.54, 1.807) is 19.4 Å². The standard InChI is InChI=1S/C14H20N6O/c1-9(2)13-17-11-5-4-10(8-20(11)19-13)16-14-15-7-6-12(18-14)21-3/h6-7,9-10H,4-5,8H2,1-3H3,(H,15,16,18)/t10-/m1/s1. The Kier molecular flexibility index (Phi) is 3.72. The predicted molar refractivity (Wildman–Crippen MR) is 78.4 cm³/mol. The van der Waals surface area contributed by atoms with Crippen LogP contribution in [0.25, 0.3) is 0 Å². The van der Waals surface area contributed by atoms with E-state index in [0.29, 0.717) is 17.7 Å². The molecule has 21 heavy (non-hydrogen) atoms. The van der Waals surface area contributed by atoms with Crippen LogP contribution in [0, 0.1) is 0 Å². The summed E-state index contributed by atoms with van der Waals surface area (Å²) in [5.41, 5.74) is 0. The molecule has 0 amide bonds. The number of nitrogens with one attached hydrogen (secondary N) is 1. The molecule has 0 bridgehead atoms. The van der Waals surface area contributed by atoms with Gasteiger partial charge < -0.3 is 10.1 Å². The van der Waals surface area contributed by atoms with Gasteiger partial charge in [-0.2, -0.15) is 10.1 Å². The number of anilines is 1. The number of methoxy groups -OCH3 is 1. The van der Waals surface area contributed by atoms with E-state index in [1.165, 1.54) is 0 Å². The van der Waals surface area contributed by atoms with Crippen LogP contribution in [0.5, 0.6) is 5.88 Å². The van der Waals surface area contributed by atoms with Crippen LogP contribution in [-0.2, 0) is 13.0 Å². The SMILES string of the molecule is COc1ccnc(N[C@@H]2CCc3nc(C(C)C)nn3C2)n1. The molecule has 112 valence electrons. The van der Waals surface area contributed by atoms with Gasteiger partial charge in [0.05, 0.1) is 13.7 Å². The van der Waals surface area contributed by atoms with E-state index < -0.39 is 0 Å². The minimum absolute atomic E-state index is 0.256. The lowest BCUT2D eigenvalue weighted by atomic mass is 10.1. The fraction of sp³-hybridized carbons (Fsp3) is 0.571. The molecule has 0 aliphatic carbocycles. The molecular weight excluding hydrogens is 268 g/mol. The van der Waals surface area contributed by atoms with Crippen LogP contribution in [0.2, 0.25) is 0 Å². The third-order valence-corrected chi connectivity index (χ3v) is 3.56. The summed E-state index contributed by atoms with van der Waals surface area (Å²) < 4.78 is 7.11. The van der Waals surface area contributed by atoms with Crippen molar-refractivity contribution in [3.8, 4) is 5.88 Å². The van der Waals surface area contributed by atoms with E-state index in [-0.39, 0.29) is 6.04 Å². The van der Waals surface area contributed by atoms with Crippen LogP contribution < -0.4 is 10.1 Å². The van der Waals surface area contributed by atoms with Crippen molar-refractivity contribution in [1.82, 2.24) is 24.7 Å². The summed E-state index contributed by atoms with van der Waals surface area (Å²) >= 11 is 0. The lowest BCUT2D eigenvalue weighted by molar-refractivity contribution is 0.396. The second kappa shape index (κ2) is 5.67. The van der Waals surface area contributed by atoms with Crippen LogP contribution >= 0.6 is 0 Å². The monoisotopic (exact) mass is 288 g/mol. The average molecular weight is 288 g/mol. The Labute approximate surface area is 123 Å². The van der Waals surface area contributed by atoms with E-state index >= 15 is 0 Å². The molecule has 7 nitrogen and oxygen atoms in total. The molecule has 1 atom stereocenters. The van der Waals surface area contributed by atoms with Gasteiger partial charge in [0.2, 0.25) is 11.8 Å². The molecule has 2 aromatic heterocycles. The Hall–Kier alpha value is -2.18. The van der Waals surface area contributed by atoms with Gasteiger partial charge in [-0.05, 0) is 6.42 Å². The first-order chi connectivity index (χ1) is 10.2. The normalized spacial score (nSPS) is 17.6. The van der Waals surface area contributed by atoms with Crippen molar-refractivity contribution in [2.75, 3.05) is 12.4 Å². The molecule has 3 rings (SSSR count). The van der Waals surface area contributed by atoms with Crippen LogP contribution in [0.15, 0.2) is 12.3 Å². The Morgan fingerprint density at radius 1 is 1.38 bits per heavy atom. The number of fused-ring (bicyclic) bond motifs is 1. The maximum Gasteiger partial charge on any atom is 0.226 e. The molecule has 0 aromatic carbocycles. The summed E-state index contributed by atoms with van der Waals surface area (Å²) in [4.78, 5) is 13.1. The van der Waals surface area contributed by atoms with Gasteiger partial charge in [0, 0.05) is 30.6 Å². The fourth-order valence-corrected chi connectivity index (χ4v) is 2.40. The number of nitrogens with zero attached hydrogens (tertiary/aromatic N) is 5. The van der Waals surface area contributed by atoms with Gasteiger partial charge in [0.1, 0.15) is 5.82 Å². The zero-order chi connectivity index (χ0) is 14.8. The summed E-state index contributed by atoms with van der Waals surface area (Å²) in [7, 11) is 1.60. The summed E-state index contributed by atoms with van der Waals surface area (Å²) in [5, 5.41) is 7.92. The van der Waals surface area contributed by atoms with Crippen molar-refractivity contribution in [2.24, 2.45) is 0 Å². The van der Waals surface area contributed by atoms with Gasteiger partial charge in [-0.15, -0.1) is 0 Å². The van der Waals surface area contributed by atoms with Crippen LogP contribution in [0.1, 0.15) is 37.8 Å². The predicted octanol–water partition coefficient (Wildman–Crippen LogP) is 1.63. The molecule has 0 unspecified atom stereocenters. The summed E-state index contributed by atoms with van der Waals surface area (Å²) in [6.07, 6.45) is 3.60. The molecular formula is C14H20N6O. The van der Waals surface area contributed by atoms with E-state index in [4.69, 9.17) is 4.74 Å². The molecule has 1 N–H and O–H groups in total. The van der Waals surface area contributed by atoms with Gasteiger partial charge >= 0.3 is 0 Å². The van der Waals surface area contributed by atoms with Gasteiger partial charge in [0.15, 0.2) is 5.82 Å². The Morgan fingerprint density at radius 2 is 2.24 bits per heavy atom. The number of ether oxygens (including phenoxy) is 1. The highest BCUT2D eigenvalue weighted by atomic mass is 16.5. The smallest absolute Gasteiger partial charge is 0.226 e. The first-order valence-corrected chi connectivity index (χ1v) is 7.23. The van der Waals surface area contributed by atoms with Crippen molar-refractivity contribution in [3.05, 3.63) is 23.9 Å². The Balaban J connectivity index is 1.71. The molecule has 0 fully saturated rings. The second-order valence-corrected chi connectivity index (χ2v) is 5.53. The molecule has 2 aromatic rings. The molecule has 3 heterocycles. The number of hydrogen-bond donors (Lipinski definition) is 1. The lowest BCUT2D eigenvalue weighted by Gasteiger charge is -2.23. The zero-order valence-electron chi connectivity index (χ0n) is 12.6. The lowest BCUT2D eigenvalue weighted by Crippen LogP contribution is -2.32. The minimum Gasteiger partial charge on any atom is -0.481 e. The summed E-state index contributed by atoms with van der Waals surface area (Å²) in [6.45, 7) is 5.01. The number of aromatic nitrogens is 5. The first kappa shape index (κ1) is 13.8. The van der Waals surface area contributed by atoms with Crippen molar-refractivity contribution >= 4 is 5.95 Å². The van der Waals surface area contributed by atoms with Gasteiger partial charge in [-0.25, -0.2) is 14.6 Å². The van der Waals surface area contributed by atoms with Crippen LogP contribution in [0.4, 0.5) is 5.95 Å². The quantitative estimate of drug-likeness (QED) is 0.921. The molecule has 0 spiro atoms. The fourth-order valence-electron chi connectivity index (χ4n) is 2.40. The van der Waals surface area contributed by atoms with Gasteiger partial charge in [0.25, 0.3) is 0 Å². The molecule has 0 radical (unpaired) electrons. The van der Waals surface area contributed by atoms with Gasteiger partial charge in [-0.1, -0.05) is 13.8 Å². The highest BCUT2D eigenvalue weighted by Gasteiger charge is 2.22. The van der Waals surface area contributed by atoms with E-state index in [0.717, 1.165) is 31.0 Å². The molecule has 1 aliphatic rings. The van der Waals surface area contributed by atoms with E-state index in [1.807, 2.05) is 4.68 Å². The summed E-state index contributed by atoms with van der Waals surface area (Å²) in [5.74, 6) is 3.50. The molecule has 0 saturated carbocycles.